The highest BCUT2D eigenvalue weighted by atomic mass is 19.1. The van der Waals surface area contributed by atoms with E-state index in [9.17, 15) is 4.39 Å². The van der Waals surface area contributed by atoms with Crippen LogP contribution in [0.3, 0.4) is 0 Å². The zero-order valence-electron chi connectivity index (χ0n) is 7.48. The Bertz CT molecular complexity index is 532. The molecule has 72 valence electrons. The van der Waals surface area contributed by atoms with E-state index < -0.39 is 0 Å². The van der Waals surface area contributed by atoms with E-state index in [1.165, 1.54) is 17.0 Å². The van der Waals surface area contributed by atoms with Crippen molar-refractivity contribution in [1.29, 1.82) is 0 Å². The molecule has 0 aromatic carbocycles. The first-order valence-corrected chi connectivity index (χ1v) is 4.26. The Morgan fingerprint density at radius 2 is 2.40 bits per heavy atom. The highest BCUT2D eigenvalue weighted by Crippen LogP contribution is 2.29. The molecule has 2 aromatic rings. The molecule has 3 rings (SSSR count). The molecule has 5 nitrogen and oxygen atoms in total. The first-order valence-electron chi connectivity index (χ1n) is 4.26. The van der Waals surface area contributed by atoms with Crippen molar-refractivity contribution < 1.29 is 4.39 Å². The third-order valence-electron chi connectivity index (χ3n) is 2.10. The van der Waals surface area contributed by atoms with Crippen molar-refractivity contribution in [3.63, 3.8) is 0 Å². The number of hydrogen-bond donors (Lipinski definition) is 1. The predicted octanol–water partition coefficient (Wildman–Crippen LogP) is 1.00. The molecule has 3 heterocycles. The van der Waals surface area contributed by atoms with Crippen LogP contribution in [0, 0.1) is 12.0 Å². The zero-order chi connectivity index (χ0) is 10.3. The van der Waals surface area contributed by atoms with Gasteiger partial charge in [0.25, 0.3) is 5.82 Å². The molecule has 0 unspecified atom stereocenters. The Morgan fingerprint density at radius 1 is 1.47 bits per heavy atom. The highest BCUT2D eigenvalue weighted by molar-refractivity contribution is 5.78. The lowest BCUT2D eigenvalue weighted by Crippen LogP contribution is -2.04. The molecule has 0 atom stereocenters. The molecule has 0 bridgehead atoms. The molecule has 0 saturated carbocycles. The molecule has 0 radical (unpaired) electrons. The summed E-state index contributed by atoms with van der Waals surface area (Å²) in [7, 11) is 0. The van der Waals surface area contributed by atoms with Gasteiger partial charge < -0.3 is 0 Å². The van der Waals surface area contributed by atoms with E-state index in [0.29, 0.717) is 17.1 Å². The number of hydrogen-bond acceptors (Lipinski definition) is 4. The summed E-state index contributed by atoms with van der Waals surface area (Å²) in [5, 5.41) is 10.3. The first-order chi connectivity index (χ1) is 7.36. The predicted molar refractivity (Wildman–Crippen MR) is 50.4 cm³/mol. The van der Waals surface area contributed by atoms with Crippen molar-refractivity contribution in [3.05, 3.63) is 36.2 Å². The van der Waals surface area contributed by atoms with Gasteiger partial charge in [0.05, 0.1) is 18.6 Å². The quantitative estimate of drug-likeness (QED) is 0.701. The van der Waals surface area contributed by atoms with Crippen LogP contribution in [0.5, 0.6) is 0 Å². The van der Waals surface area contributed by atoms with Crippen LogP contribution < -0.4 is 5.32 Å². The smallest absolute Gasteiger partial charge is 0.217 e. The number of aromatic nitrogens is 4. The lowest BCUT2D eigenvalue weighted by Gasteiger charge is -1.99. The number of fused-ring (bicyclic) bond motifs is 1. The van der Waals surface area contributed by atoms with Crippen molar-refractivity contribution in [1.82, 2.24) is 20.0 Å². The summed E-state index contributed by atoms with van der Waals surface area (Å²) in [4.78, 5) is 3.96. The third kappa shape index (κ3) is 1.09. The maximum atomic E-state index is 13.3. The second-order valence-corrected chi connectivity index (χ2v) is 2.98. The van der Waals surface area contributed by atoms with E-state index >= 15 is 0 Å². The second-order valence-electron chi connectivity index (χ2n) is 2.98. The van der Waals surface area contributed by atoms with Crippen molar-refractivity contribution in [2.45, 2.75) is 0 Å². The summed E-state index contributed by atoms with van der Waals surface area (Å²) in [5.41, 5.74) is 0.996. The van der Waals surface area contributed by atoms with E-state index in [4.69, 9.17) is 0 Å². The molecule has 6 heteroatoms. The molecule has 0 fully saturated rings. The SMILES string of the molecule is Fc1cnc(-n2ccnn2)c2c1C=[C+]N2. The summed E-state index contributed by atoms with van der Waals surface area (Å²) >= 11 is 0. The molecule has 0 aliphatic carbocycles. The average Bonchev–Trinajstić information content (AvgIpc) is 2.88. The van der Waals surface area contributed by atoms with E-state index in [2.05, 4.69) is 26.8 Å². The number of halogens is 1. The zero-order valence-corrected chi connectivity index (χ0v) is 7.48. The van der Waals surface area contributed by atoms with Gasteiger partial charge in [-0.25, -0.2) is 4.98 Å². The van der Waals surface area contributed by atoms with Gasteiger partial charge >= 0.3 is 0 Å². The van der Waals surface area contributed by atoms with Crippen LogP contribution in [-0.2, 0) is 0 Å². The minimum Gasteiger partial charge on any atom is -0.217 e. The number of nitrogens with zero attached hydrogens (tertiary/aromatic N) is 4. The van der Waals surface area contributed by atoms with Crippen LogP contribution in [0.2, 0.25) is 0 Å². The van der Waals surface area contributed by atoms with E-state index in [1.54, 1.807) is 6.20 Å². The maximum absolute atomic E-state index is 13.3. The summed E-state index contributed by atoms with van der Waals surface area (Å²) in [5.74, 6) is 0.122. The third-order valence-corrected chi connectivity index (χ3v) is 2.10. The molecule has 1 aliphatic rings. The Hall–Kier alpha value is -2.33. The minimum atomic E-state index is -0.383. The molecule has 15 heavy (non-hydrogen) atoms. The Labute approximate surface area is 84.3 Å². The fourth-order valence-corrected chi connectivity index (χ4v) is 1.43. The number of anilines is 1. The van der Waals surface area contributed by atoms with Crippen molar-refractivity contribution in [3.8, 4) is 5.82 Å². The molecular formula is C9H5FN5+. The van der Waals surface area contributed by atoms with Crippen LogP contribution >= 0.6 is 0 Å². The van der Waals surface area contributed by atoms with Gasteiger partial charge in [0.2, 0.25) is 11.5 Å². The van der Waals surface area contributed by atoms with Crippen LogP contribution in [0.25, 0.3) is 11.9 Å². The first kappa shape index (κ1) is 8.02. The van der Waals surface area contributed by atoms with E-state index in [0.717, 1.165) is 6.20 Å². The number of pyridine rings is 1. The Kier molecular flexibility index (Phi) is 1.51. The number of rotatable bonds is 1. The monoisotopic (exact) mass is 202 g/mol. The van der Waals surface area contributed by atoms with Gasteiger partial charge in [-0.15, -0.1) is 5.10 Å². The van der Waals surface area contributed by atoms with Crippen molar-refractivity contribution >= 4 is 11.8 Å². The topological polar surface area (TPSA) is 55.6 Å². The highest BCUT2D eigenvalue weighted by Gasteiger charge is 2.28. The molecule has 0 saturated heterocycles. The summed E-state index contributed by atoms with van der Waals surface area (Å²) in [6.07, 6.45) is 8.57. The van der Waals surface area contributed by atoms with Gasteiger partial charge in [-0.2, -0.15) is 14.4 Å². The van der Waals surface area contributed by atoms with E-state index in [-0.39, 0.29) is 5.82 Å². The van der Waals surface area contributed by atoms with Crippen LogP contribution in [0.4, 0.5) is 10.1 Å². The Balaban J connectivity index is 2.24. The molecular weight excluding hydrogens is 197 g/mol. The lowest BCUT2D eigenvalue weighted by molar-refractivity contribution is 0.617. The standard InChI is InChI=1S/C9H5FN5/c10-7-5-12-9(15-4-3-13-14-15)8-6(7)1-2-11-8/h1,3-5,11H/q+1. The molecule has 1 aliphatic heterocycles. The molecule has 0 amide bonds. The van der Waals surface area contributed by atoms with E-state index in [1.807, 2.05) is 0 Å². The summed E-state index contributed by atoms with van der Waals surface area (Å²) in [6, 6.07) is 0. The average molecular weight is 202 g/mol. The fourth-order valence-electron chi connectivity index (χ4n) is 1.43. The van der Waals surface area contributed by atoms with Gasteiger partial charge in [-0.1, -0.05) is 5.21 Å². The normalized spacial score (nSPS) is 12.1. The van der Waals surface area contributed by atoms with Crippen LogP contribution in [-0.4, -0.2) is 20.0 Å². The molecule has 2 aromatic heterocycles. The van der Waals surface area contributed by atoms with Crippen LogP contribution in [0.1, 0.15) is 5.56 Å². The van der Waals surface area contributed by atoms with Crippen LogP contribution in [0.15, 0.2) is 18.6 Å². The minimum absolute atomic E-state index is 0.383. The largest absolute Gasteiger partial charge is 0.253 e. The summed E-state index contributed by atoms with van der Waals surface area (Å²) in [6.45, 7) is 0. The van der Waals surface area contributed by atoms with Crippen molar-refractivity contribution in [2.24, 2.45) is 0 Å². The van der Waals surface area contributed by atoms with Gasteiger partial charge in [0.1, 0.15) is 12.3 Å². The summed E-state index contributed by atoms with van der Waals surface area (Å²) < 4.78 is 14.8. The fraction of sp³-hybridized carbons (Fsp3) is 0. The number of nitrogens with one attached hydrogen (secondary N) is 1. The van der Waals surface area contributed by atoms with Gasteiger partial charge in [0, 0.05) is 0 Å². The van der Waals surface area contributed by atoms with Gasteiger partial charge in [0.15, 0.2) is 5.56 Å². The molecule has 1 N–H and O–H groups in total. The van der Waals surface area contributed by atoms with Gasteiger partial charge in [-0.05, 0) is 0 Å². The second kappa shape index (κ2) is 2.83. The maximum Gasteiger partial charge on any atom is 0.253 e. The lowest BCUT2D eigenvalue weighted by atomic mass is 10.2. The molecule has 0 spiro atoms. The Morgan fingerprint density at radius 3 is 3.20 bits per heavy atom. The van der Waals surface area contributed by atoms with Crippen molar-refractivity contribution in [2.75, 3.05) is 5.32 Å². The van der Waals surface area contributed by atoms with Gasteiger partial charge in [-0.3, -0.25) is 0 Å².